The summed E-state index contributed by atoms with van der Waals surface area (Å²) in [6.07, 6.45) is 2.11. The summed E-state index contributed by atoms with van der Waals surface area (Å²) in [4.78, 5) is 18.0. The van der Waals surface area contributed by atoms with Gasteiger partial charge in [-0.1, -0.05) is 59.1 Å². The van der Waals surface area contributed by atoms with Crippen molar-refractivity contribution in [1.29, 1.82) is 0 Å². The molecule has 3 aromatic rings. The van der Waals surface area contributed by atoms with E-state index >= 15 is 0 Å². The van der Waals surface area contributed by atoms with Gasteiger partial charge in [-0.25, -0.2) is 0 Å². The molecule has 3 aromatic carbocycles. The lowest BCUT2D eigenvalue weighted by Crippen LogP contribution is -2.45. The number of carbonyl (C=O) groups excluding carboxylic acids is 1. The Bertz CT molecular complexity index is 1150. The van der Waals surface area contributed by atoms with Crippen LogP contribution < -0.4 is 4.90 Å². The van der Waals surface area contributed by atoms with Gasteiger partial charge in [-0.3, -0.25) is 9.69 Å². The molecule has 0 aliphatic carbocycles. The van der Waals surface area contributed by atoms with Crippen LogP contribution in [0.2, 0.25) is 5.02 Å². The van der Waals surface area contributed by atoms with Gasteiger partial charge in [0.05, 0.1) is 0 Å². The summed E-state index contributed by atoms with van der Waals surface area (Å²) >= 11 is 6.18. The molecule has 1 amide bonds. The standard InChI is InChI=1S/C28H29ClN2O/c1-20-6-9-23(10-7-20)27(32)31-19-28(25-16-21(2)8-11-26(25)31)12-14-30(15-13-28)18-22-4-3-5-24(29)17-22/h3-11,16-17H,12-15,18-19H2,1-2H3. The summed E-state index contributed by atoms with van der Waals surface area (Å²) in [5.41, 5.74) is 6.92. The number of halogens is 1. The van der Waals surface area contributed by atoms with E-state index in [0.717, 1.165) is 55.3 Å². The predicted octanol–water partition coefficient (Wildman–Crippen LogP) is 6.15. The molecule has 1 fully saturated rings. The van der Waals surface area contributed by atoms with Gasteiger partial charge in [-0.2, -0.15) is 0 Å². The maximum atomic E-state index is 13.5. The van der Waals surface area contributed by atoms with Crippen molar-refractivity contribution in [1.82, 2.24) is 4.90 Å². The number of anilines is 1. The Hall–Kier alpha value is -2.62. The Balaban J connectivity index is 1.38. The average Bonchev–Trinajstić information content (AvgIpc) is 3.09. The quantitative estimate of drug-likeness (QED) is 0.483. The smallest absolute Gasteiger partial charge is 0.258 e. The van der Waals surface area contributed by atoms with Crippen molar-refractivity contribution >= 4 is 23.2 Å². The van der Waals surface area contributed by atoms with Crippen LogP contribution in [0.1, 0.15) is 45.5 Å². The van der Waals surface area contributed by atoms with Crippen LogP contribution in [0, 0.1) is 13.8 Å². The zero-order valence-corrected chi connectivity index (χ0v) is 19.5. The van der Waals surface area contributed by atoms with Crippen LogP contribution in [0.3, 0.4) is 0 Å². The lowest BCUT2D eigenvalue weighted by atomic mass is 9.74. The fraction of sp³-hybridized carbons (Fsp3) is 0.321. The highest BCUT2D eigenvalue weighted by Crippen LogP contribution is 2.48. The second-order valence-corrected chi connectivity index (χ2v) is 9.90. The molecule has 0 aromatic heterocycles. The van der Waals surface area contributed by atoms with Crippen molar-refractivity contribution in [3.8, 4) is 0 Å². The molecule has 4 heteroatoms. The highest BCUT2D eigenvalue weighted by Gasteiger charge is 2.46. The molecule has 0 radical (unpaired) electrons. The SMILES string of the molecule is Cc1ccc(C(=O)N2CC3(CCN(Cc4cccc(Cl)c4)CC3)c3cc(C)ccc32)cc1. The first-order valence-corrected chi connectivity index (χ1v) is 11.8. The van der Waals surface area contributed by atoms with Crippen molar-refractivity contribution in [2.75, 3.05) is 24.5 Å². The number of aryl methyl sites for hydroxylation is 2. The summed E-state index contributed by atoms with van der Waals surface area (Å²) in [5.74, 6) is 0.105. The van der Waals surface area contributed by atoms with E-state index in [9.17, 15) is 4.79 Å². The van der Waals surface area contributed by atoms with Crippen LogP contribution in [-0.4, -0.2) is 30.4 Å². The molecular weight excluding hydrogens is 416 g/mol. The van der Waals surface area contributed by atoms with E-state index in [0.29, 0.717) is 0 Å². The number of carbonyl (C=O) groups is 1. The van der Waals surface area contributed by atoms with Crippen LogP contribution >= 0.6 is 11.6 Å². The Labute approximate surface area is 195 Å². The lowest BCUT2D eigenvalue weighted by molar-refractivity contribution is 0.0975. The van der Waals surface area contributed by atoms with Gasteiger partial charge >= 0.3 is 0 Å². The first-order valence-electron chi connectivity index (χ1n) is 11.4. The molecule has 0 unspecified atom stereocenters. The van der Waals surface area contributed by atoms with E-state index in [1.54, 1.807) is 0 Å². The van der Waals surface area contributed by atoms with Crippen LogP contribution in [0.25, 0.3) is 0 Å². The Morgan fingerprint density at radius 1 is 0.938 bits per heavy atom. The molecule has 0 bridgehead atoms. The molecule has 164 valence electrons. The molecule has 0 atom stereocenters. The van der Waals surface area contributed by atoms with E-state index < -0.39 is 0 Å². The monoisotopic (exact) mass is 444 g/mol. The summed E-state index contributed by atoms with van der Waals surface area (Å²) in [6, 6.07) is 22.7. The number of hydrogen-bond acceptors (Lipinski definition) is 2. The van der Waals surface area contributed by atoms with Crippen molar-refractivity contribution in [2.24, 2.45) is 0 Å². The fourth-order valence-electron chi connectivity index (χ4n) is 5.28. The van der Waals surface area contributed by atoms with Crippen LogP contribution in [-0.2, 0) is 12.0 Å². The number of rotatable bonds is 3. The van der Waals surface area contributed by atoms with E-state index in [-0.39, 0.29) is 11.3 Å². The molecule has 1 spiro atoms. The van der Waals surface area contributed by atoms with Gasteiger partial charge in [-0.15, -0.1) is 0 Å². The number of piperidine rings is 1. The van der Waals surface area contributed by atoms with Gasteiger partial charge in [0.1, 0.15) is 0 Å². The van der Waals surface area contributed by atoms with Crippen LogP contribution in [0.5, 0.6) is 0 Å². The summed E-state index contributed by atoms with van der Waals surface area (Å²) in [7, 11) is 0. The van der Waals surface area contributed by atoms with Gasteiger partial charge in [-0.05, 0) is 81.2 Å². The van der Waals surface area contributed by atoms with Crippen molar-refractivity contribution in [3.05, 3.63) is 99.6 Å². The van der Waals surface area contributed by atoms with Crippen LogP contribution in [0.4, 0.5) is 5.69 Å². The average molecular weight is 445 g/mol. The molecule has 2 aliphatic rings. The van der Waals surface area contributed by atoms with Crippen LogP contribution in [0.15, 0.2) is 66.7 Å². The van der Waals surface area contributed by atoms with Gasteiger partial charge < -0.3 is 4.90 Å². The lowest BCUT2D eigenvalue weighted by Gasteiger charge is -2.40. The minimum absolute atomic E-state index is 0.0343. The summed E-state index contributed by atoms with van der Waals surface area (Å²) in [5, 5.41) is 0.793. The topological polar surface area (TPSA) is 23.6 Å². The highest BCUT2D eigenvalue weighted by molar-refractivity contribution is 6.30. The molecule has 32 heavy (non-hydrogen) atoms. The second-order valence-electron chi connectivity index (χ2n) is 9.46. The molecule has 0 N–H and O–H groups in total. The van der Waals surface area contributed by atoms with Gasteiger partial charge in [0, 0.05) is 34.8 Å². The Morgan fingerprint density at radius 2 is 1.66 bits per heavy atom. The first-order chi connectivity index (χ1) is 15.4. The Morgan fingerprint density at radius 3 is 2.38 bits per heavy atom. The Kier molecular flexibility index (Phi) is 5.56. The number of likely N-dealkylation sites (tertiary alicyclic amines) is 1. The number of nitrogens with zero attached hydrogens (tertiary/aromatic N) is 2. The zero-order chi connectivity index (χ0) is 22.3. The largest absolute Gasteiger partial charge is 0.307 e. The van der Waals surface area contributed by atoms with Crippen molar-refractivity contribution in [3.63, 3.8) is 0 Å². The number of amides is 1. The molecule has 5 rings (SSSR count). The van der Waals surface area contributed by atoms with Gasteiger partial charge in [0.2, 0.25) is 0 Å². The second kappa shape index (κ2) is 8.38. The predicted molar refractivity (Wildman–Crippen MR) is 132 cm³/mol. The first kappa shape index (κ1) is 21.2. The van der Waals surface area contributed by atoms with E-state index in [4.69, 9.17) is 11.6 Å². The third-order valence-corrected chi connectivity index (χ3v) is 7.36. The zero-order valence-electron chi connectivity index (χ0n) is 18.8. The fourth-order valence-corrected chi connectivity index (χ4v) is 5.49. The maximum Gasteiger partial charge on any atom is 0.258 e. The van der Waals surface area contributed by atoms with E-state index in [1.165, 1.54) is 22.3 Å². The van der Waals surface area contributed by atoms with E-state index in [1.807, 2.05) is 48.2 Å². The van der Waals surface area contributed by atoms with E-state index in [2.05, 4.69) is 42.2 Å². The molecule has 0 saturated carbocycles. The van der Waals surface area contributed by atoms with Crippen molar-refractivity contribution < 1.29 is 4.79 Å². The third kappa shape index (κ3) is 3.96. The minimum atomic E-state index is 0.0343. The molecule has 1 saturated heterocycles. The minimum Gasteiger partial charge on any atom is -0.307 e. The maximum absolute atomic E-state index is 13.5. The molecular formula is C28H29ClN2O. The molecule has 2 aliphatic heterocycles. The van der Waals surface area contributed by atoms with Gasteiger partial charge in [0.25, 0.3) is 5.91 Å². The third-order valence-electron chi connectivity index (χ3n) is 7.13. The van der Waals surface area contributed by atoms with Crippen molar-refractivity contribution in [2.45, 2.75) is 38.6 Å². The molecule has 3 nitrogen and oxygen atoms in total. The number of hydrogen-bond donors (Lipinski definition) is 0. The normalized spacial score (nSPS) is 17.5. The molecule has 2 heterocycles. The summed E-state index contributed by atoms with van der Waals surface area (Å²) in [6.45, 7) is 7.92. The number of fused-ring (bicyclic) bond motifs is 2. The highest BCUT2D eigenvalue weighted by atomic mass is 35.5. The van der Waals surface area contributed by atoms with Gasteiger partial charge in [0.15, 0.2) is 0 Å². The number of benzene rings is 3. The summed E-state index contributed by atoms with van der Waals surface area (Å²) < 4.78 is 0.